The first-order valence-electron chi connectivity index (χ1n) is 12.1. The third kappa shape index (κ3) is 4.71. The third-order valence-corrected chi connectivity index (χ3v) is 8.63. The van der Waals surface area contributed by atoms with E-state index in [-0.39, 0.29) is 5.91 Å². The quantitative estimate of drug-likeness (QED) is 0.632. The first-order valence-corrected chi connectivity index (χ1v) is 13.5. The van der Waals surface area contributed by atoms with E-state index in [2.05, 4.69) is 25.3 Å². The Bertz CT molecular complexity index is 1060. The van der Waals surface area contributed by atoms with Gasteiger partial charge in [-0.05, 0) is 55.7 Å². The van der Waals surface area contributed by atoms with Gasteiger partial charge in [0, 0.05) is 45.6 Å². The molecule has 2 atom stereocenters. The van der Waals surface area contributed by atoms with E-state index >= 15 is 0 Å². The summed E-state index contributed by atoms with van der Waals surface area (Å²) in [5.41, 5.74) is 1.64. The number of carbonyl (C=O) groups excluding carboxylic acids is 1. The zero-order valence-corrected chi connectivity index (χ0v) is 20.4. The number of rotatable bonds is 7. The van der Waals surface area contributed by atoms with E-state index in [1.54, 1.807) is 16.4 Å². The summed E-state index contributed by atoms with van der Waals surface area (Å²) in [6.45, 7) is 10.2. The van der Waals surface area contributed by atoms with Gasteiger partial charge in [-0.25, -0.2) is 13.4 Å². The van der Waals surface area contributed by atoms with Crippen LogP contribution in [0.25, 0.3) is 11.0 Å². The highest BCUT2D eigenvalue weighted by molar-refractivity contribution is 7.89. The molecular formula is C24H36N4O3S. The molecule has 2 aromatic rings. The Morgan fingerprint density at radius 1 is 1.12 bits per heavy atom. The fraction of sp³-hybridized carbons (Fsp3) is 0.667. The van der Waals surface area contributed by atoms with Crippen molar-refractivity contribution in [3.05, 3.63) is 24.0 Å². The van der Waals surface area contributed by atoms with Crippen molar-refractivity contribution in [3.63, 3.8) is 0 Å². The van der Waals surface area contributed by atoms with Crippen LogP contribution in [0.1, 0.15) is 58.7 Å². The summed E-state index contributed by atoms with van der Waals surface area (Å²) in [5.74, 6) is 2.14. The van der Waals surface area contributed by atoms with Crippen molar-refractivity contribution in [1.82, 2.24) is 18.8 Å². The fourth-order valence-corrected chi connectivity index (χ4v) is 6.84. The lowest BCUT2D eigenvalue weighted by molar-refractivity contribution is -0.133. The number of piperidine rings is 1. The summed E-state index contributed by atoms with van der Waals surface area (Å²) in [5, 5.41) is 0. The minimum absolute atomic E-state index is 0.191. The first kappa shape index (κ1) is 23.2. The molecule has 8 heteroatoms. The average molecular weight is 461 g/mol. The van der Waals surface area contributed by atoms with Crippen LogP contribution in [-0.2, 0) is 27.8 Å². The zero-order chi connectivity index (χ0) is 22.9. The van der Waals surface area contributed by atoms with E-state index in [1.807, 2.05) is 11.0 Å². The van der Waals surface area contributed by atoms with Crippen molar-refractivity contribution >= 4 is 27.0 Å². The summed E-state index contributed by atoms with van der Waals surface area (Å²) in [4.78, 5) is 20.0. The standard InChI is InChI=1S/C24H36N4O3S/c1-4-11-28-22-8-7-20(32(30,31)27-12-5-6-13-27)15-21(22)25-23(28)9-10-24(29)26-16-18(2)14-19(3)17-26/h7-8,15,18-19H,4-6,9-14,16-17H2,1-3H3. The molecule has 0 saturated carbocycles. The highest BCUT2D eigenvalue weighted by Gasteiger charge is 2.28. The Hall–Kier alpha value is -1.93. The number of sulfonamides is 1. The summed E-state index contributed by atoms with van der Waals surface area (Å²) < 4.78 is 29.7. The number of imidazole rings is 1. The van der Waals surface area contributed by atoms with E-state index < -0.39 is 10.0 Å². The number of amides is 1. The van der Waals surface area contributed by atoms with Crippen LogP contribution in [0.5, 0.6) is 0 Å². The topological polar surface area (TPSA) is 75.5 Å². The van der Waals surface area contributed by atoms with Crippen LogP contribution in [0.2, 0.25) is 0 Å². The summed E-state index contributed by atoms with van der Waals surface area (Å²) in [7, 11) is -3.47. The molecule has 0 bridgehead atoms. The highest BCUT2D eigenvalue weighted by Crippen LogP contribution is 2.26. The molecule has 2 unspecified atom stereocenters. The predicted molar refractivity (Wildman–Crippen MR) is 126 cm³/mol. The van der Waals surface area contributed by atoms with Crippen LogP contribution in [0.15, 0.2) is 23.1 Å². The van der Waals surface area contributed by atoms with Crippen molar-refractivity contribution in [3.8, 4) is 0 Å². The van der Waals surface area contributed by atoms with Gasteiger partial charge in [0.25, 0.3) is 0 Å². The largest absolute Gasteiger partial charge is 0.342 e. The molecule has 3 heterocycles. The lowest BCUT2D eigenvalue weighted by atomic mass is 9.91. The molecule has 176 valence electrons. The molecule has 4 rings (SSSR count). The molecule has 2 fully saturated rings. The van der Waals surface area contributed by atoms with Crippen LogP contribution in [0, 0.1) is 11.8 Å². The number of aryl methyl sites for hydroxylation is 2. The molecule has 2 aliphatic rings. The molecule has 2 saturated heterocycles. The maximum Gasteiger partial charge on any atom is 0.243 e. The first-order chi connectivity index (χ1) is 15.3. The summed E-state index contributed by atoms with van der Waals surface area (Å²) >= 11 is 0. The summed E-state index contributed by atoms with van der Waals surface area (Å²) in [6, 6.07) is 5.28. The Labute approximate surface area is 191 Å². The molecule has 32 heavy (non-hydrogen) atoms. The fourth-order valence-electron chi connectivity index (χ4n) is 5.30. The molecule has 2 aliphatic heterocycles. The van der Waals surface area contributed by atoms with Crippen molar-refractivity contribution in [2.45, 2.75) is 70.7 Å². The monoisotopic (exact) mass is 460 g/mol. The second-order valence-corrected chi connectivity index (χ2v) is 11.6. The number of likely N-dealkylation sites (tertiary alicyclic amines) is 1. The number of hydrogen-bond donors (Lipinski definition) is 0. The van der Waals surface area contributed by atoms with Gasteiger partial charge in [0.2, 0.25) is 15.9 Å². The molecule has 0 radical (unpaired) electrons. The van der Waals surface area contributed by atoms with Gasteiger partial charge >= 0.3 is 0 Å². The van der Waals surface area contributed by atoms with Gasteiger partial charge in [0.15, 0.2) is 0 Å². The number of fused-ring (bicyclic) bond motifs is 1. The van der Waals surface area contributed by atoms with Crippen molar-refractivity contribution in [2.24, 2.45) is 11.8 Å². The van der Waals surface area contributed by atoms with Gasteiger partial charge in [-0.15, -0.1) is 0 Å². The Morgan fingerprint density at radius 2 is 1.81 bits per heavy atom. The maximum atomic E-state index is 13.0. The molecule has 0 N–H and O–H groups in total. The smallest absolute Gasteiger partial charge is 0.243 e. The van der Waals surface area contributed by atoms with Crippen molar-refractivity contribution < 1.29 is 13.2 Å². The molecule has 1 amide bonds. The van der Waals surface area contributed by atoms with Gasteiger partial charge in [-0.1, -0.05) is 20.8 Å². The van der Waals surface area contributed by atoms with E-state index in [9.17, 15) is 13.2 Å². The Morgan fingerprint density at radius 3 is 2.47 bits per heavy atom. The predicted octanol–water partition coefficient (Wildman–Crippen LogP) is 3.67. The van der Waals surface area contributed by atoms with Crippen molar-refractivity contribution in [1.29, 1.82) is 0 Å². The lowest BCUT2D eigenvalue weighted by Crippen LogP contribution is -2.42. The number of carbonyl (C=O) groups is 1. The average Bonchev–Trinajstić information content (AvgIpc) is 3.40. The van der Waals surface area contributed by atoms with Crippen LogP contribution >= 0.6 is 0 Å². The minimum Gasteiger partial charge on any atom is -0.342 e. The number of benzene rings is 1. The number of hydrogen-bond acceptors (Lipinski definition) is 4. The molecule has 1 aromatic heterocycles. The second kappa shape index (κ2) is 9.51. The number of aromatic nitrogens is 2. The minimum atomic E-state index is -3.47. The van der Waals surface area contributed by atoms with Gasteiger partial charge in [-0.3, -0.25) is 4.79 Å². The second-order valence-electron chi connectivity index (χ2n) is 9.69. The molecule has 0 spiro atoms. The molecule has 1 aromatic carbocycles. The van der Waals surface area contributed by atoms with Crippen LogP contribution < -0.4 is 0 Å². The number of nitrogens with zero attached hydrogens (tertiary/aromatic N) is 4. The van der Waals surface area contributed by atoms with Crippen LogP contribution in [0.3, 0.4) is 0 Å². The van der Waals surface area contributed by atoms with Gasteiger partial charge in [-0.2, -0.15) is 4.31 Å². The highest BCUT2D eigenvalue weighted by atomic mass is 32.2. The maximum absolute atomic E-state index is 13.0. The molecule has 7 nitrogen and oxygen atoms in total. The van der Waals surface area contributed by atoms with Gasteiger partial charge < -0.3 is 9.47 Å². The SMILES string of the molecule is CCCn1c(CCC(=O)N2CC(C)CC(C)C2)nc2cc(S(=O)(=O)N3CCCC3)ccc21. The Kier molecular flexibility index (Phi) is 6.91. The van der Waals surface area contributed by atoms with Gasteiger partial charge in [0.1, 0.15) is 5.82 Å². The van der Waals surface area contributed by atoms with E-state index in [0.29, 0.717) is 48.2 Å². The van der Waals surface area contributed by atoms with E-state index in [1.165, 1.54) is 6.42 Å². The zero-order valence-electron chi connectivity index (χ0n) is 19.6. The molecular weight excluding hydrogens is 424 g/mol. The summed E-state index contributed by atoms with van der Waals surface area (Å²) in [6.07, 6.45) is 4.96. The third-order valence-electron chi connectivity index (χ3n) is 6.73. The van der Waals surface area contributed by atoms with Gasteiger partial charge in [0.05, 0.1) is 15.9 Å². The van der Waals surface area contributed by atoms with Crippen LogP contribution in [-0.4, -0.2) is 59.3 Å². The van der Waals surface area contributed by atoms with Crippen molar-refractivity contribution in [2.75, 3.05) is 26.2 Å². The lowest BCUT2D eigenvalue weighted by Gasteiger charge is -2.35. The Balaban J connectivity index is 1.55. The molecule has 0 aliphatic carbocycles. The van der Waals surface area contributed by atoms with Crippen LogP contribution in [0.4, 0.5) is 0 Å². The van der Waals surface area contributed by atoms with E-state index in [4.69, 9.17) is 4.98 Å². The normalized spacial score (nSPS) is 22.7. The van der Waals surface area contributed by atoms with E-state index in [0.717, 1.165) is 50.2 Å².